The Hall–Kier alpha value is -1.85. The van der Waals surface area contributed by atoms with Gasteiger partial charge in [0, 0.05) is 24.1 Å². The summed E-state index contributed by atoms with van der Waals surface area (Å²) in [4.78, 5) is 15.3. The van der Waals surface area contributed by atoms with Crippen molar-refractivity contribution >= 4 is 5.78 Å². The zero-order valence-electron chi connectivity index (χ0n) is 17.0. The van der Waals surface area contributed by atoms with Crippen LogP contribution in [0.3, 0.4) is 0 Å². The summed E-state index contributed by atoms with van der Waals surface area (Å²) in [5.41, 5.74) is 1.72. The van der Waals surface area contributed by atoms with Crippen LogP contribution in [0.15, 0.2) is 24.3 Å². The first kappa shape index (κ1) is 17.0. The summed E-state index contributed by atoms with van der Waals surface area (Å²) in [7, 11) is 5.67. The van der Waals surface area contributed by atoms with Gasteiger partial charge in [0.15, 0.2) is 11.5 Å². The average molecular weight is 381 g/mol. The fourth-order valence-corrected chi connectivity index (χ4v) is 7.67. The molecule has 6 atom stereocenters. The summed E-state index contributed by atoms with van der Waals surface area (Å²) in [6.45, 7) is 2.74. The van der Waals surface area contributed by atoms with Gasteiger partial charge in [-0.25, -0.2) is 0 Å². The molecule has 148 valence electrons. The van der Waals surface area contributed by atoms with Gasteiger partial charge in [-0.2, -0.15) is 0 Å². The lowest BCUT2D eigenvalue weighted by Gasteiger charge is -2.70. The summed E-state index contributed by atoms with van der Waals surface area (Å²) in [6, 6.07) is 4.62. The molecule has 2 heterocycles. The molecule has 1 saturated carbocycles. The van der Waals surface area contributed by atoms with Crippen LogP contribution >= 0.6 is 0 Å². The minimum absolute atomic E-state index is 0.105. The Balaban J connectivity index is 1.72. The van der Waals surface area contributed by atoms with Gasteiger partial charge in [-0.15, -0.1) is 0 Å². The van der Waals surface area contributed by atoms with Gasteiger partial charge in [0.2, 0.25) is 0 Å². The Bertz CT molecular complexity index is 941. The van der Waals surface area contributed by atoms with Crippen LogP contribution in [-0.4, -0.2) is 56.2 Å². The van der Waals surface area contributed by atoms with Crippen LogP contribution in [0.4, 0.5) is 0 Å². The molecule has 0 radical (unpaired) electrons. The Kier molecular flexibility index (Phi) is 3.05. The molecule has 4 aliphatic carbocycles. The van der Waals surface area contributed by atoms with Crippen LogP contribution in [0.5, 0.6) is 11.5 Å². The number of benzene rings is 1. The number of carbonyl (C=O) groups excluding carboxylic acids is 1. The molecule has 7 rings (SSSR count). The number of methoxy groups -OCH3 is 2. The van der Waals surface area contributed by atoms with Gasteiger partial charge in [0.25, 0.3) is 0 Å². The summed E-state index contributed by atoms with van der Waals surface area (Å²) in [6.07, 6.45) is 7.19. The van der Waals surface area contributed by atoms with Gasteiger partial charge >= 0.3 is 0 Å². The van der Waals surface area contributed by atoms with Crippen molar-refractivity contribution in [2.24, 2.45) is 11.3 Å². The smallest absolute Gasteiger partial charge is 0.166 e. The number of ketones is 1. The molecule has 1 saturated heterocycles. The van der Waals surface area contributed by atoms with Crippen molar-refractivity contribution < 1.29 is 19.0 Å². The van der Waals surface area contributed by atoms with E-state index in [9.17, 15) is 4.79 Å². The van der Waals surface area contributed by atoms with Crippen LogP contribution in [0.2, 0.25) is 0 Å². The first-order valence-corrected chi connectivity index (χ1v) is 10.3. The van der Waals surface area contributed by atoms with Crippen molar-refractivity contribution in [1.82, 2.24) is 4.90 Å². The Morgan fingerprint density at radius 2 is 2.11 bits per heavy atom. The summed E-state index contributed by atoms with van der Waals surface area (Å²) in [5, 5.41) is 0. The normalized spacial score (nSPS) is 44.2. The van der Waals surface area contributed by atoms with Gasteiger partial charge < -0.3 is 19.1 Å². The van der Waals surface area contributed by atoms with E-state index in [-0.39, 0.29) is 28.6 Å². The number of fused-ring (bicyclic) bond motifs is 1. The Labute approximate surface area is 165 Å². The third-order valence-corrected chi connectivity index (χ3v) is 8.77. The molecule has 5 nitrogen and oxygen atoms in total. The number of piperidine rings is 1. The van der Waals surface area contributed by atoms with E-state index >= 15 is 0 Å². The van der Waals surface area contributed by atoms with Crippen molar-refractivity contribution in [3.8, 4) is 11.5 Å². The van der Waals surface area contributed by atoms with Gasteiger partial charge in [-0.1, -0.05) is 18.2 Å². The van der Waals surface area contributed by atoms with E-state index in [1.165, 1.54) is 11.1 Å². The standard InChI is InChI=1S/C23H27NO4/c1-13(25)15-12-21-7-8-23(15,27-4)20-22(21)9-10-24(2)17(21)11-14-5-6-16(26-3)19(28-20)18(14)22/h5-8,15,17,20H,9-12H2,1-4H3/t15-,17?,20?,21-,22?,23-/m1/s1. The molecule has 0 aromatic heterocycles. The number of likely N-dealkylation sites (tertiary alicyclic amines) is 1. The molecule has 3 unspecified atom stereocenters. The van der Waals surface area contributed by atoms with E-state index in [2.05, 4.69) is 30.2 Å². The maximum atomic E-state index is 12.8. The maximum Gasteiger partial charge on any atom is 0.166 e. The quantitative estimate of drug-likeness (QED) is 0.753. The van der Waals surface area contributed by atoms with Gasteiger partial charge in [0.1, 0.15) is 17.5 Å². The zero-order chi connectivity index (χ0) is 19.5. The number of hydrogen-bond donors (Lipinski definition) is 0. The highest BCUT2D eigenvalue weighted by Gasteiger charge is 2.79. The molecular formula is C23H27NO4. The third kappa shape index (κ3) is 1.49. The summed E-state index contributed by atoms with van der Waals surface area (Å²) < 4.78 is 18.7. The highest BCUT2D eigenvalue weighted by molar-refractivity contribution is 5.82. The topological polar surface area (TPSA) is 48.0 Å². The van der Waals surface area contributed by atoms with Crippen LogP contribution in [0.25, 0.3) is 0 Å². The number of likely N-dealkylation sites (N-methyl/N-ethyl adjacent to an activating group) is 1. The second-order valence-corrected chi connectivity index (χ2v) is 9.35. The molecule has 28 heavy (non-hydrogen) atoms. The molecule has 6 aliphatic rings. The van der Waals surface area contributed by atoms with E-state index in [1.807, 2.05) is 6.07 Å². The number of hydrogen-bond acceptors (Lipinski definition) is 5. The van der Waals surface area contributed by atoms with E-state index in [0.717, 1.165) is 37.3 Å². The molecular weight excluding hydrogens is 354 g/mol. The fourth-order valence-electron chi connectivity index (χ4n) is 7.67. The van der Waals surface area contributed by atoms with Crippen molar-refractivity contribution in [2.45, 2.75) is 49.3 Å². The van der Waals surface area contributed by atoms with E-state index in [1.54, 1.807) is 21.1 Å². The Morgan fingerprint density at radius 3 is 2.82 bits per heavy atom. The molecule has 0 N–H and O–H groups in total. The van der Waals surface area contributed by atoms with Crippen molar-refractivity contribution in [3.05, 3.63) is 35.4 Å². The number of Topliss-reactive ketones (excluding diaryl/α,β-unsaturated/α-hetero) is 1. The first-order chi connectivity index (χ1) is 13.4. The molecule has 2 aliphatic heterocycles. The summed E-state index contributed by atoms with van der Waals surface area (Å²) >= 11 is 0. The minimum atomic E-state index is -0.716. The lowest BCUT2D eigenvalue weighted by Crippen LogP contribution is -2.79. The van der Waals surface area contributed by atoms with E-state index < -0.39 is 5.60 Å². The second-order valence-electron chi connectivity index (χ2n) is 9.35. The van der Waals surface area contributed by atoms with E-state index in [4.69, 9.17) is 14.2 Å². The van der Waals surface area contributed by atoms with Crippen LogP contribution in [0, 0.1) is 11.3 Å². The lowest BCUT2D eigenvalue weighted by molar-refractivity contribution is -0.212. The number of carbonyl (C=O) groups is 1. The number of nitrogens with zero attached hydrogens (tertiary/aromatic N) is 1. The molecule has 1 aromatic rings. The largest absolute Gasteiger partial charge is 0.493 e. The van der Waals surface area contributed by atoms with Crippen LogP contribution in [0.1, 0.15) is 30.9 Å². The molecule has 5 heteroatoms. The van der Waals surface area contributed by atoms with E-state index in [0.29, 0.717) is 6.04 Å². The van der Waals surface area contributed by atoms with Crippen molar-refractivity contribution in [3.63, 3.8) is 0 Å². The number of ether oxygens (including phenoxy) is 3. The predicted octanol–water partition coefficient (Wildman–Crippen LogP) is 2.50. The van der Waals surface area contributed by atoms with Crippen LogP contribution < -0.4 is 9.47 Å². The van der Waals surface area contributed by atoms with Gasteiger partial charge in [-0.05, 0) is 51.4 Å². The molecule has 1 aromatic carbocycles. The average Bonchev–Trinajstić information content (AvgIpc) is 3.07. The highest BCUT2D eigenvalue weighted by atomic mass is 16.6. The van der Waals surface area contributed by atoms with Crippen LogP contribution in [-0.2, 0) is 21.4 Å². The summed E-state index contributed by atoms with van der Waals surface area (Å²) in [5.74, 6) is 1.68. The molecule has 2 fully saturated rings. The van der Waals surface area contributed by atoms with Crippen molar-refractivity contribution in [2.75, 3.05) is 27.8 Å². The lowest BCUT2D eigenvalue weighted by atomic mass is 9.37. The fraction of sp³-hybridized carbons (Fsp3) is 0.609. The monoisotopic (exact) mass is 381 g/mol. The minimum Gasteiger partial charge on any atom is -0.493 e. The molecule has 4 bridgehead atoms. The Morgan fingerprint density at radius 1 is 1.29 bits per heavy atom. The van der Waals surface area contributed by atoms with Gasteiger partial charge in [-0.3, -0.25) is 4.79 Å². The molecule has 0 amide bonds. The second kappa shape index (κ2) is 5.00. The van der Waals surface area contributed by atoms with Crippen molar-refractivity contribution in [1.29, 1.82) is 0 Å². The van der Waals surface area contributed by atoms with Gasteiger partial charge in [0.05, 0.1) is 18.4 Å². The third-order valence-electron chi connectivity index (χ3n) is 8.77. The predicted molar refractivity (Wildman–Crippen MR) is 104 cm³/mol. The maximum absolute atomic E-state index is 12.8. The highest BCUT2D eigenvalue weighted by Crippen LogP contribution is 2.74. The number of rotatable bonds is 3. The first-order valence-electron chi connectivity index (χ1n) is 10.3. The zero-order valence-corrected chi connectivity index (χ0v) is 17.0. The molecule has 2 spiro atoms. The SMILES string of the molecule is COc1ccc2c3c1OC1C34CCN(C)C(C2)[C@]42C=C[C@@]1(OC)[C@@H](C(C)=O)C2.